The summed E-state index contributed by atoms with van der Waals surface area (Å²) < 4.78 is 16.8. The molecule has 1 aromatic heterocycles. The number of Topliss-reactive ketones (excluding diaryl/α,β-unsaturated/α-hetero) is 1. The summed E-state index contributed by atoms with van der Waals surface area (Å²) in [5.74, 6) is -2.21. The lowest BCUT2D eigenvalue weighted by Gasteiger charge is -2.35. The highest BCUT2D eigenvalue weighted by atomic mass is 16.5. The zero-order valence-electron chi connectivity index (χ0n) is 17.0. The first-order valence-corrected chi connectivity index (χ1v) is 9.59. The van der Waals surface area contributed by atoms with Gasteiger partial charge in [0.2, 0.25) is 0 Å². The van der Waals surface area contributed by atoms with Gasteiger partial charge in [0.15, 0.2) is 28.3 Å². The predicted molar refractivity (Wildman–Crippen MR) is 110 cm³/mol. The molecule has 1 aliphatic rings. The molecule has 1 saturated heterocycles. The summed E-state index contributed by atoms with van der Waals surface area (Å²) in [6.45, 7) is 1.44. The van der Waals surface area contributed by atoms with Crippen LogP contribution in [-0.2, 0) is 9.53 Å². The van der Waals surface area contributed by atoms with Crippen LogP contribution in [0.3, 0.4) is 0 Å². The monoisotopic (exact) mass is 444 g/mol. The molecule has 10 nitrogen and oxygen atoms in total. The van der Waals surface area contributed by atoms with Crippen molar-refractivity contribution in [3.8, 4) is 34.3 Å². The molecule has 0 radical (unpaired) electrons. The van der Waals surface area contributed by atoms with Crippen molar-refractivity contribution in [2.45, 2.75) is 31.3 Å². The second-order valence-electron chi connectivity index (χ2n) is 7.45. The number of benzene rings is 2. The Morgan fingerprint density at radius 1 is 0.938 bits per heavy atom. The topological polar surface area (TPSA) is 167 Å². The fourth-order valence-corrected chi connectivity index (χ4v) is 3.73. The van der Waals surface area contributed by atoms with E-state index in [0.717, 1.165) is 12.1 Å². The molecule has 0 spiro atoms. The van der Waals surface area contributed by atoms with Gasteiger partial charge < -0.3 is 39.4 Å². The van der Waals surface area contributed by atoms with E-state index in [-0.39, 0.29) is 39.4 Å². The maximum Gasteiger partial charge on any atom is 0.197 e. The molecule has 2 heterocycles. The zero-order chi connectivity index (χ0) is 23.3. The smallest absolute Gasteiger partial charge is 0.197 e. The van der Waals surface area contributed by atoms with E-state index in [4.69, 9.17) is 13.9 Å². The predicted octanol–water partition coefficient (Wildman–Crippen LogP) is 1.34. The number of carbonyl (C=O) groups excluding carboxylic acids is 1. The minimum absolute atomic E-state index is 0.0122. The Morgan fingerprint density at radius 3 is 2.31 bits per heavy atom. The number of phenols is 3. The van der Waals surface area contributed by atoms with E-state index in [0.29, 0.717) is 0 Å². The molecule has 168 valence electrons. The van der Waals surface area contributed by atoms with Gasteiger partial charge in [-0.2, -0.15) is 0 Å². The second kappa shape index (κ2) is 7.83. The van der Waals surface area contributed by atoms with Crippen molar-refractivity contribution in [1.29, 1.82) is 0 Å². The first-order chi connectivity index (χ1) is 15.1. The van der Waals surface area contributed by atoms with Gasteiger partial charge in [-0.1, -0.05) is 0 Å². The summed E-state index contributed by atoms with van der Waals surface area (Å²) in [6.07, 6.45) is -5.69. The van der Waals surface area contributed by atoms with Crippen LogP contribution in [0.2, 0.25) is 0 Å². The lowest BCUT2D eigenvalue weighted by Crippen LogP contribution is -2.50. The van der Waals surface area contributed by atoms with E-state index in [1.54, 1.807) is 0 Å². The molecule has 0 bridgehead atoms. The van der Waals surface area contributed by atoms with Gasteiger partial charge >= 0.3 is 0 Å². The van der Waals surface area contributed by atoms with Crippen molar-refractivity contribution in [3.05, 3.63) is 46.1 Å². The normalized spacial score (nSPS) is 23.4. The van der Waals surface area contributed by atoms with Crippen LogP contribution in [0, 0.1) is 0 Å². The van der Waals surface area contributed by atoms with Crippen LogP contribution in [0.25, 0.3) is 22.3 Å². The number of phenolic OH excluding ortho intramolecular Hbond substituents is 3. The minimum atomic E-state index is -1.80. The number of aromatic hydroxyl groups is 3. The average molecular weight is 444 g/mol. The number of fused-ring (bicyclic) bond motifs is 1. The minimum Gasteiger partial charge on any atom is -0.507 e. The Labute approximate surface area is 180 Å². The summed E-state index contributed by atoms with van der Waals surface area (Å²) in [4.78, 5) is 25.2. The van der Waals surface area contributed by atoms with Gasteiger partial charge in [0.25, 0.3) is 0 Å². The third-order valence-corrected chi connectivity index (χ3v) is 5.42. The van der Waals surface area contributed by atoms with Crippen LogP contribution in [0.15, 0.2) is 39.5 Å². The largest absolute Gasteiger partial charge is 0.507 e. The third-order valence-electron chi connectivity index (χ3n) is 5.42. The maximum absolute atomic E-state index is 12.9. The van der Waals surface area contributed by atoms with Crippen molar-refractivity contribution in [3.63, 3.8) is 0 Å². The second-order valence-corrected chi connectivity index (χ2v) is 7.45. The number of carbonyl (C=O) groups is 1. The SMILES string of the molecule is COc1cc(O)c2c(=O)cc(-c3ccc(O)c(O)c3)oc2c1[C@@H]1O[C@H](C)[C@@H](O)C(=O)[C@H]1O. The molecule has 10 heteroatoms. The fourth-order valence-electron chi connectivity index (χ4n) is 3.73. The molecule has 1 aliphatic heterocycles. The highest BCUT2D eigenvalue weighted by Crippen LogP contribution is 2.43. The third kappa shape index (κ3) is 3.34. The molecular formula is C22H20O10. The van der Waals surface area contributed by atoms with Crippen LogP contribution in [0.4, 0.5) is 0 Å². The van der Waals surface area contributed by atoms with Crippen LogP contribution < -0.4 is 10.2 Å². The van der Waals surface area contributed by atoms with E-state index < -0.39 is 47.1 Å². The number of methoxy groups -OCH3 is 1. The van der Waals surface area contributed by atoms with Gasteiger partial charge in [-0.05, 0) is 25.1 Å². The first kappa shape index (κ1) is 21.6. The van der Waals surface area contributed by atoms with Crippen molar-refractivity contribution in [2.75, 3.05) is 7.11 Å². The Kier molecular flexibility index (Phi) is 5.29. The molecule has 32 heavy (non-hydrogen) atoms. The van der Waals surface area contributed by atoms with Gasteiger partial charge in [-0.3, -0.25) is 9.59 Å². The van der Waals surface area contributed by atoms with Gasteiger partial charge in [0.05, 0.1) is 18.8 Å². The zero-order valence-corrected chi connectivity index (χ0v) is 17.0. The molecule has 0 saturated carbocycles. The average Bonchev–Trinajstić information content (AvgIpc) is 2.76. The van der Waals surface area contributed by atoms with E-state index in [9.17, 15) is 35.1 Å². The molecule has 0 aliphatic carbocycles. The summed E-state index contributed by atoms with van der Waals surface area (Å²) in [5.41, 5.74) is -0.642. The van der Waals surface area contributed by atoms with Gasteiger partial charge in [0.1, 0.15) is 41.0 Å². The van der Waals surface area contributed by atoms with Crippen molar-refractivity contribution in [1.82, 2.24) is 0 Å². The maximum atomic E-state index is 12.9. The Hall–Kier alpha value is -3.60. The number of aliphatic hydroxyl groups is 2. The van der Waals surface area contributed by atoms with Crippen LogP contribution in [0.1, 0.15) is 18.6 Å². The molecular weight excluding hydrogens is 424 g/mol. The lowest BCUT2D eigenvalue weighted by molar-refractivity contribution is -0.180. The summed E-state index contributed by atoms with van der Waals surface area (Å²) in [5, 5.41) is 50.0. The molecule has 1 fully saturated rings. The fraction of sp³-hybridized carbons (Fsp3) is 0.273. The number of rotatable bonds is 3. The van der Waals surface area contributed by atoms with E-state index >= 15 is 0 Å². The standard InChI is InChI=1S/C22H20O10/c1-8-18(27)19(28)20(29)22(31-8)17-15(30-2)7-13(26)16-12(25)6-14(32-21(16)17)9-3-4-10(23)11(24)5-9/h3-8,18,20,22-24,26-27,29H,1-2H3/t8-,18-,20-,22+/m1/s1. The highest BCUT2D eigenvalue weighted by Gasteiger charge is 2.44. The Morgan fingerprint density at radius 2 is 1.66 bits per heavy atom. The summed E-state index contributed by atoms with van der Waals surface area (Å²) in [7, 11) is 1.28. The quantitative estimate of drug-likeness (QED) is 0.372. The molecule has 3 aromatic rings. The molecule has 2 aromatic carbocycles. The van der Waals surface area contributed by atoms with E-state index in [2.05, 4.69) is 0 Å². The van der Waals surface area contributed by atoms with E-state index in [1.165, 1.54) is 32.2 Å². The van der Waals surface area contributed by atoms with Crippen LogP contribution in [0.5, 0.6) is 23.0 Å². The van der Waals surface area contributed by atoms with Gasteiger partial charge in [0, 0.05) is 17.7 Å². The number of ketones is 1. The first-order valence-electron chi connectivity index (χ1n) is 9.59. The number of aliphatic hydroxyl groups excluding tert-OH is 2. The van der Waals surface area contributed by atoms with Crippen molar-refractivity contribution < 1.29 is 44.2 Å². The van der Waals surface area contributed by atoms with Crippen LogP contribution >= 0.6 is 0 Å². The van der Waals surface area contributed by atoms with Crippen molar-refractivity contribution >= 4 is 16.8 Å². The Bertz CT molecular complexity index is 1280. The molecule has 5 N–H and O–H groups in total. The highest BCUT2D eigenvalue weighted by molar-refractivity contribution is 5.93. The number of ether oxygens (including phenoxy) is 2. The summed E-state index contributed by atoms with van der Waals surface area (Å²) >= 11 is 0. The van der Waals surface area contributed by atoms with Gasteiger partial charge in [-0.25, -0.2) is 0 Å². The van der Waals surface area contributed by atoms with Crippen LogP contribution in [-0.4, -0.2) is 56.7 Å². The molecule has 4 atom stereocenters. The Balaban J connectivity index is 2.02. The molecule has 4 rings (SSSR count). The molecule has 0 amide bonds. The number of hydrogen-bond donors (Lipinski definition) is 5. The number of hydrogen-bond acceptors (Lipinski definition) is 10. The van der Waals surface area contributed by atoms with Gasteiger partial charge in [-0.15, -0.1) is 0 Å². The lowest BCUT2D eigenvalue weighted by atomic mass is 9.91. The molecule has 0 unspecified atom stereocenters. The van der Waals surface area contributed by atoms with Crippen molar-refractivity contribution in [2.24, 2.45) is 0 Å². The van der Waals surface area contributed by atoms with E-state index in [1.807, 2.05) is 0 Å². The summed E-state index contributed by atoms with van der Waals surface area (Å²) in [6, 6.07) is 5.99.